The van der Waals surface area contributed by atoms with Gasteiger partial charge in [-0.15, -0.1) is 11.8 Å². The Morgan fingerprint density at radius 3 is 2.86 bits per heavy atom. The summed E-state index contributed by atoms with van der Waals surface area (Å²) in [6.45, 7) is 9.65. The number of nitrogens with one attached hydrogen (secondary N) is 1. The molecule has 1 aromatic carbocycles. The molecule has 3 heteroatoms. The second-order valence-corrected chi connectivity index (χ2v) is 8.72. The first-order valence-electron chi connectivity index (χ1n) is 8.02. The molecule has 2 atom stereocenters. The molecule has 2 aliphatic rings. The second-order valence-electron chi connectivity index (χ2n) is 7.66. The summed E-state index contributed by atoms with van der Waals surface area (Å²) in [5.41, 5.74) is 2.05. The first-order chi connectivity index (χ1) is 9.98. The summed E-state index contributed by atoms with van der Waals surface area (Å²) in [7, 11) is 0. The predicted octanol–water partition coefficient (Wildman–Crippen LogP) is 4.06. The number of benzene rings is 1. The van der Waals surface area contributed by atoms with Crippen LogP contribution in [0, 0.1) is 5.41 Å². The minimum absolute atomic E-state index is 0.178. The van der Waals surface area contributed by atoms with Crippen molar-refractivity contribution in [3.05, 3.63) is 29.8 Å². The van der Waals surface area contributed by atoms with Crippen LogP contribution in [0.1, 0.15) is 45.1 Å². The maximum absolute atomic E-state index is 5.78. The lowest BCUT2D eigenvalue weighted by Gasteiger charge is -2.34. The van der Waals surface area contributed by atoms with Crippen molar-refractivity contribution < 1.29 is 4.74 Å². The number of fused-ring (bicyclic) bond motifs is 1. The van der Waals surface area contributed by atoms with E-state index in [9.17, 15) is 0 Å². The van der Waals surface area contributed by atoms with Gasteiger partial charge >= 0.3 is 0 Å². The van der Waals surface area contributed by atoms with Crippen LogP contribution in [0.25, 0.3) is 0 Å². The standard InChI is InChI=1S/C18H27NOS/c1-17(2,3)19-12-18(8-9-20-13-18)10-14-11-21-16-7-5-4-6-15(14)16/h4-7,14,19H,8-13H2,1-3H3. The summed E-state index contributed by atoms with van der Waals surface area (Å²) in [5.74, 6) is 1.92. The van der Waals surface area contributed by atoms with Crippen molar-refractivity contribution in [3.8, 4) is 0 Å². The second kappa shape index (κ2) is 5.94. The van der Waals surface area contributed by atoms with E-state index >= 15 is 0 Å². The maximum Gasteiger partial charge on any atom is 0.0535 e. The zero-order valence-corrected chi connectivity index (χ0v) is 14.3. The molecule has 0 bridgehead atoms. The van der Waals surface area contributed by atoms with Crippen LogP contribution in [0.3, 0.4) is 0 Å². The minimum Gasteiger partial charge on any atom is -0.381 e. The van der Waals surface area contributed by atoms with Crippen LogP contribution in [-0.2, 0) is 4.74 Å². The molecule has 0 aliphatic carbocycles. The van der Waals surface area contributed by atoms with E-state index in [2.05, 4.69) is 50.4 Å². The van der Waals surface area contributed by atoms with Crippen LogP contribution in [0.2, 0.25) is 0 Å². The van der Waals surface area contributed by atoms with Gasteiger partial charge in [-0.2, -0.15) is 0 Å². The fraction of sp³-hybridized carbons (Fsp3) is 0.667. The van der Waals surface area contributed by atoms with Gasteiger partial charge in [-0.1, -0.05) is 18.2 Å². The number of hydrogen-bond acceptors (Lipinski definition) is 3. The lowest BCUT2D eigenvalue weighted by molar-refractivity contribution is 0.134. The van der Waals surface area contributed by atoms with Crippen molar-refractivity contribution in [3.63, 3.8) is 0 Å². The van der Waals surface area contributed by atoms with Crippen LogP contribution >= 0.6 is 11.8 Å². The molecular formula is C18H27NOS. The number of rotatable bonds is 4. The molecule has 3 rings (SSSR count). The van der Waals surface area contributed by atoms with Crippen molar-refractivity contribution in [2.24, 2.45) is 5.41 Å². The van der Waals surface area contributed by atoms with E-state index in [1.807, 2.05) is 11.8 Å². The van der Waals surface area contributed by atoms with Crippen molar-refractivity contribution in [2.75, 3.05) is 25.5 Å². The molecule has 0 amide bonds. The summed E-state index contributed by atoms with van der Waals surface area (Å²) in [6, 6.07) is 8.93. The first kappa shape index (κ1) is 15.4. The summed E-state index contributed by atoms with van der Waals surface area (Å²) in [4.78, 5) is 1.49. The lowest BCUT2D eigenvalue weighted by atomic mass is 9.76. The van der Waals surface area contributed by atoms with E-state index in [0.717, 1.165) is 19.8 Å². The fourth-order valence-electron chi connectivity index (χ4n) is 3.40. The third kappa shape index (κ3) is 3.64. The number of hydrogen-bond donors (Lipinski definition) is 1. The average molecular weight is 305 g/mol. The average Bonchev–Trinajstić information content (AvgIpc) is 3.05. The molecule has 0 spiro atoms. The highest BCUT2D eigenvalue weighted by Crippen LogP contribution is 2.47. The minimum atomic E-state index is 0.178. The van der Waals surface area contributed by atoms with E-state index in [1.54, 1.807) is 5.56 Å². The molecule has 0 aromatic heterocycles. The van der Waals surface area contributed by atoms with Crippen LogP contribution in [0.4, 0.5) is 0 Å². The first-order valence-corrected chi connectivity index (χ1v) is 9.01. The largest absolute Gasteiger partial charge is 0.381 e. The molecular weight excluding hydrogens is 278 g/mol. The van der Waals surface area contributed by atoms with Gasteiger partial charge in [-0.3, -0.25) is 0 Å². The van der Waals surface area contributed by atoms with Gasteiger partial charge in [0.25, 0.3) is 0 Å². The highest BCUT2D eigenvalue weighted by Gasteiger charge is 2.39. The molecule has 1 N–H and O–H groups in total. The number of ether oxygens (including phenoxy) is 1. The molecule has 2 heterocycles. The smallest absolute Gasteiger partial charge is 0.0535 e. The van der Waals surface area contributed by atoms with Gasteiger partial charge in [0.1, 0.15) is 0 Å². The van der Waals surface area contributed by atoms with Gasteiger partial charge < -0.3 is 10.1 Å². The SMILES string of the molecule is CC(C)(C)NCC1(CC2CSc3ccccc32)CCOC1. The molecule has 1 aromatic rings. The van der Waals surface area contributed by atoms with E-state index in [0.29, 0.717) is 11.3 Å². The van der Waals surface area contributed by atoms with Gasteiger partial charge in [0.15, 0.2) is 0 Å². The Labute approximate surface area is 133 Å². The molecule has 1 saturated heterocycles. The third-order valence-corrected chi connectivity index (χ3v) is 5.91. The van der Waals surface area contributed by atoms with Crippen LogP contribution in [0.5, 0.6) is 0 Å². The fourth-order valence-corrected chi connectivity index (χ4v) is 4.65. The predicted molar refractivity (Wildman–Crippen MR) is 90.1 cm³/mol. The van der Waals surface area contributed by atoms with Crippen molar-refractivity contribution >= 4 is 11.8 Å². The summed E-state index contributed by atoms with van der Waals surface area (Å²) >= 11 is 2.02. The molecule has 0 saturated carbocycles. The Morgan fingerprint density at radius 2 is 2.14 bits per heavy atom. The van der Waals surface area contributed by atoms with Gasteiger partial charge in [0.05, 0.1) is 6.61 Å². The van der Waals surface area contributed by atoms with Crippen LogP contribution in [0.15, 0.2) is 29.2 Å². The molecule has 1 fully saturated rings. The number of thioether (sulfide) groups is 1. The third-order valence-electron chi connectivity index (χ3n) is 4.66. The molecule has 2 nitrogen and oxygen atoms in total. The molecule has 21 heavy (non-hydrogen) atoms. The Balaban J connectivity index is 1.71. The monoisotopic (exact) mass is 305 g/mol. The van der Waals surface area contributed by atoms with Gasteiger partial charge in [-0.05, 0) is 51.2 Å². The van der Waals surface area contributed by atoms with E-state index in [-0.39, 0.29) is 5.54 Å². The zero-order valence-electron chi connectivity index (χ0n) is 13.4. The highest BCUT2D eigenvalue weighted by atomic mass is 32.2. The molecule has 0 radical (unpaired) electrons. The van der Waals surface area contributed by atoms with Crippen molar-refractivity contribution in [2.45, 2.75) is 50.0 Å². The Bertz CT molecular complexity index is 488. The van der Waals surface area contributed by atoms with Crippen LogP contribution in [-0.4, -0.2) is 31.1 Å². The summed E-state index contributed by atoms with van der Waals surface area (Å²) in [6.07, 6.45) is 2.44. The normalized spacial score (nSPS) is 28.8. The molecule has 116 valence electrons. The topological polar surface area (TPSA) is 21.3 Å². The quantitative estimate of drug-likeness (QED) is 0.906. The molecule has 2 aliphatic heterocycles. The Morgan fingerprint density at radius 1 is 1.33 bits per heavy atom. The van der Waals surface area contributed by atoms with Gasteiger partial charge in [-0.25, -0.2) is 0 Å². The zero-order chi connectivity index (χ0) is 14.9. The summed E-state index contributed by atoms with van der Waals surface area (Å²) in [5, 5.41) is 3.72. The molecule has 2 unspecified atom stereocenters. The highest BCUT2D eigenvalue weighted by molar-refractivity contribution is 7.99. The van der Waals surface area contributed by atoms with Crippen molar-refractivity contribution in [1.29, 1.82) is 0 Å². The van der Waals surface area contributed by atoms with E-state index in [4.69, 9.17) is 4.74 Å². The van der Waals surface area contributed by atoms with E-state index in [1.165, 1.54) is 23.5 Å². The summed E-state index contributed by atoms with van der Waals surface area (Å²) < 4.78 is 5.78. The van der Waals surface area contributed by atoms with Gasteiger partial charge in [0, 0.05) is 34.8 Å². The van der Waals surface area contributed by atoms with Gasteiger partial charge in [0.2, 0.25) is 0 Å². The van der Waals surface area contributed by atoms with E-state index < -0.39 is 0 Å². The Hall–Kier alpha value is -0.510. The maximum atomic E-state index is 5.78. The van der Waals surface area contributed by atoms with Crippen molar-refractivity contribution in [1.82, 2.24) is 5.32 Å². The Kier molecular flexibility index (Phi) is 4.35. The lowest BCUT2D eigenvalue weighted by Crippen LogP contribution is -2.45. The van der Waals surface area contributed by atoms with Crippen LogP contribution < -0.4 is 5.32 Å².